The second kappa shape index (κ2) is 7.72. The molecule has 6 nitrogen and oxygen atoms in total. The van der Waals surface area contributed by atoms with Gasteiger partial charge in [-0.2, -0.15) is 5.10 Å². The Bertz CT molecular complexity index is 828. The predicted octanol–water partition coefficient (Wildman–Crippen LogP) is 4.38. The van der Waals surface area contributed by atoms with Crippen LogP contribution >= 0.6 is 0 Å². The van der Waals surface area contributed by atoms with Gasteiger partial charge in [0.05, 0.1) is 36.3 Å². The van der Waals surface area contributed by atoms with E-state index in [1.54, 1.807) is 0 Å². The van der Waals surface area contributed by atoms with E-state index >= 15 is 0 Å². The van der Waals surface area contributed by atoms with Gasteiger partial charge in [0.1, 0.15) is 6.10 Å². The maximum Gasteiger partial charge on any atom is 0.322 e. The molecule has 1 aromatic carbocycles. The molecule has 2 amide bonds. The zero-order chi connectivity index (χ0) is 19.7. The fourth-order valence-corrected chi connectivity index (χ4v) is 3.70. The number of aryl methyl sites for hydroxylation is 2. The average Bonchev–Trinajstić information content (AvgIpc) is 2.91. The molecule has 0 bridgehead atoms. The van der Waals surface area contributed by atoms with Crippen LogP contribution in [0.4, 0.5) is 10.5 Å². The van der Waals surface area contributed by atoms with Crippen LogP contribution in [-0.2, 0) is 4.74 Å². The Morgan fingerprint density at radius 2 is 1.96 bits per heavy atom. The number of hydrogen-bond donors (Lipinski definition) is 1. The molecule has 0 radical (unpaired) electrons. The van der Waals surface area contributed by atoms with Gasteiger partial charge in [0.15, 0.2) is 0 Å². The van der Waals surface area contributed by atoms with Crippen molar-refractivity contribution in [2.24, 2.45) is 0 Å². The smallest absolute Gasteiger partial charge is 0.322 e. The first-order valence-corrected chi connectivity index (χ1v) is 9.60. The molecule has 1 aromatic heterocycles. The van der Waals surface area contributed by atoms with Crippen molar-refractivity contribution in [2.45, 2.75) is 59.7 Å². The quantitative estimate of drug-likeness (QED) is 0.872. The molecule has 146 valence electrons. The zero-order valence-electron chi connectivity index (χ0n) is 17.1. The van der Waals surface area contributed by atoms with E-state index in [1.165, 1.54) is 5.56 Å². The summed E-state index contributed by atoms with van der Waals surface area (Å²) in [4.78, 5) is 14.9. The van der Waals surface area contributed by atoms with Gasteiger partial charge >= 0.3 is 6.03 Å². The molecule has 1 saturated heterocycles. The van der Waals surface area contributed by atoms with Crippen LogP contribution in [-0.4, -0.2) is 39.9 Å². The van der Waals surface area contributed by atoms with Gasteiger partial charge in [0.2, 0.25) is 0 Å². The molecule has 3 rings (SSSR count). The summed E-state index contributed by atoms with van der Waals surface area (Å²) in [5, 5.41) is 7.65. The number of carbonyl (C=O) groups excluding carboxylic acids is 1. The highest BCUT2D eigenvalue weighted by molar-refractivity contribution is 5.91. The number of morpholine rings is 1. The third kappa shape index (κ3) is 3.86. The molecule has 0 aliphatic carbocycles. The largest absolute Gasteiger partial charge is 0.370 e. The minimum absolute atomic E-state index is 0.0195. The Hall–Kier alpha value is -2.34. The predicted molar refractivity (Wildman–Crippen MR) is 107 cm³/mol. The van der Waals surface area contributed by atoms with Crippen LogP contribution in [0.15, 0.2) is 24.3 Å². The van der Waals surface area contributed by atoms with Crippen LogP contribution in [0.2, 0.25) is 0 Å². The van der Waals surface area contributed by atoms with Crippen molar-refractivity contribution in [2.75, 3.05) is 18.5 Å². The highest BCUT2D eigenvalue weighted by atomic mass is 16.5. The van der Waals surface area contributed by atoms with E-state index in [1.807, 2.05) is 42.5 Å². The number of nitrogens with zero attached hydrogens (tertiary/aromatic N) is 3. The van der Waals surface area contributed by atoms with Gasteiger partial charge < -0.3 is 15.0 Å². The first-order valence-electron chi connectivity index (χ1n) is 9.60. The first-order chi connectivity index (χ1) is 12.8. The van der Waals surface area contributed by atoms with Crippen molar-refractivity contribution >= 4 is 11.7 Å². The number of aromatic nitrogens is 2. The number of rotatable bonds is 3. The molecule has 0 spiro atoms. The van der Waals surface area contributed by atoms with Crippen LogP contribution in [0.25, 0.3) is 0 Å². The Morgan fingerprint density at radius 1 is 1.26 bits per heavy atom. The lowest BCUT2D eigenvalue weighted by molar-refractivity contribution is -0.0410. The van der Waals surface area contributed by atoms with Crippen LogP contribution in [0.5, 0.6) is 0 Å². The molecule has 2 heterocycles. The SMILES string of the molecule is Cc1ccccc1C1CN(C(=O)Nc2c(C)nn(C(C)C)c2C)C(C)CO1. The highest BCUT2D eigenvalue weighted by Gasteiger charge is 2.32. The van der Waals surface area contributed by atoms with E-state index in [0.29, 0.717) is 13.2 Å². The van der Waals surface area contributed by atoms with E-state index in [4.69, 9.17) is 4.74 Å². The molecule has 1 aliphatic heterocycles. The number of hydrogen-bond acceptors (Lipinski definition) is 3. The molecule has 27 heavy (non-hydrogen) atoms. The Morgan fingerprint density at radius 3 is 2.59 bits per heavy atom. The lowest BCUT2D eigenvalue weighted by Crippen LogP contribution is -2.50. The summed E-state index contributed by atoms with van der Waals surface area (Å²) in [6.07, 6.45) is -0.103. The number of benzene rings is 1. The lowest BCUT2D eigenvalue weighted by Gasteiger charge is -2.38. The van der Waals surface area contributed by atoms with Gasteiger partial charge in [-0.1, -0.05) is 24.3 Å². The fraction of sp³-hybridized carbons (Fsp3) is 0.524. The van der Waals surface area contributed by atoms with E-state index in [-0.39, 0.29) is 24.2 Å². The molecule has 0 saturated carbocycles. The second-order valence-electron chi connectivity index (χ2n) is 7.69. The topological polar surface area (TPSA) is 59.4 Å². The van der Waals surface area contributed by atoms with Gasteiger partial charge in [0, 0.05) is 6.04 Å². The molecule has 6 heteroatoms. The van der Waals surface area contributed by atoms with E-state index < -0.39 is 0 Å². The highest BCUT2D eigenvalue weighted by Crippen LogP contribution is 2.28. The summed E-state index contributed by atoms with van der Waals surface area (Å²) in [7, 11) is 0. The van der Waals surface area contributed by atoms with Crippen molar-refractivity contribution in [3.8, 4) is 0 Å². The second-order valence-corrected chi connectivity index (χ2v) is 7.69. The molecule has 1 fully saturated rings. The van der Waals surface area contributed by atoms with Crippen LogP contribution in [0.3, 0.4) is 0 Å². The number of anilines is 1. The van der Waals surface area contributed by atoms with E-state index in [0.717, 1.165) is 22.6 Å². The van der Waals surface area contributed by atoms with Crippen molar-refractivity contribution in [3.63, 3.8) is 0 Å². The van der Waals surface area contributed by atoms with Gasteiger partial charge in [-0.05, 0) is 52.7 Å². The maximum atomic E-state index is 13.0. The van der Waals surface area contributed by atoms with Crippen molar-refractivity contribution in [1.82, 2.24) is 14.7 Å². The summed E-state index contributed by atoms with van der Waals surface area (Å²) in [5.74, 6) is 0. The van der Waals surface area contributed by atoms with Gasteiger partial charge in [0.25, 0.3) is 0 Å². The lowest BCUT2D eigenvalue weighted by atomic mass is 10.0. The van der Waals surface area contributed by atoms with Gasteiger partial charge in [-0.15, -0.1) is 0 Å². The van der Waals surface area contributed by atoms with Crippen molar-refractivity contribution in [1.29, 1.82) is 0 Å². The summed E-state index contributed by atoms with van der Waals surface area (Å²) < 4.78 is 7.98. The Kier molecular flexibility index (Phi) is 5.56. The third-order valence-electron chi connectivity index (χ3n) is 5.28. The molecule has 2 atom stereocenters. The maximum absolute atomic E-state index is 13.0. The van der Waals surface area contributed by atoms with E-state index in [9.17, 15) is 4.79 Å². The fourth-order valence-electron chi connectivity index (χ4n) is 3.70. The number of ether oxygens (including phenoxy) is 1. The van der Waals surface area contributed by atoms with Crippen LogP contribution in [0, 0.1) is 20.8 Å². The Balaban J connectivity index is 1.79. The van der Waals surface area contributed by atoms with Crippen LogP contribution in [0.1, 0.15) is 55.4 Å². The average molecular weight is 370 g/mol. The minimum Gasteiger partial charge on any atom is -0.370 e. The standard InChI is InChI=1S/C21H30N4O2/c1-13(2)25-17(6)20(16(5)23-25)22-21(26)24-11-19(27-12-15(24)4)18-10-8-7-9-14(18)3/h7-10,13,15,19H,11-12H2,1-6H3,(H,22,26). The minimum atomic E-state index is -0.103. The number of urea groups is 1. The van der Waals surface area contributed by atoms with Gasteiger partial charge in [-0.25, -0.2) is 4.79 Å². The number of amides is 2. The molecule has 1 aliphatic rings. The van der Waals surface area contributed by atoms with Crippen molar-refractivity contribution < 1.29 is 9.53 Å². The number of nitrogens with one attached hydrogen (secondary N) is 1. The van der Waals surface area contributed by atoms with Crippen molar-refractivity contribution in [3.05, 3.63) is 46.8 Å². The summed E-state index contributed by atoms with van der Waals surface area (Å²) in [6.45, 7) is 13.3. The first kappa shape index (κ1) is 19.4. The summed E-state index contributed by atoms with van der Waals surface area (Å²) in [6, 6.07) is 8.36. The summed E-state index contributed by atoms with van der Waals surface area (Å²) in [5.41, 5.74) is 4.95. The molecule has 1 N–H and O–H groups in total. The normalized spacial score (nSPS) is 20.2. The van der Waals surface area contributed by atoms with E-state index in [2.05, 4.69) is 43.3 Å². The Labute approximate surface area is 161 Å². The summed E-state index contributed by atoms with van der Waals surface area (Å²) >= 11 is 0. The van der Waals surface area contributed by atoms with Crippen LogP contribution < -0.4 is 5.32 Å². The zero-order valence-corrected chi connectivity index (χ0v) is 17.1. The molecular weight excluding hydrogens is 340 g/mol. The van der Waals surface area contributed by atoms with Gasteiger partial charge in [-0.3, -0.25) is 4.68 Å². The molecule has 2 unspecified atom stereocenters. The number of carbonyl (C=O) groups is 1. The molecular formula is C21H30N4O2. The monoisotopic (exact) mass is 370 g/mol. The molecule has 2 aromatic rings. The third-order valence-corrected chi connectivity index (χ3v) is 5.28.